The second-order valence-corrected chi connectivity index (χ2v) is 9.91. The third-order valence-electron chi connectivity index (χ3n) is 5.37. The summed E-state index contributed by atoms with van der Waals surface area (Å²) in [7, 11) is -3.88. The molecule has 0 spiro atoms. The van der Waals surface area contributed by atoms with E-state index in [9.17, 15) is 23.1 Å². The fourth-order valence-electron chi connectivity index (χ4n) is 3.27. The summed E-state index contributed by atoms with van der Waals surface area (Å²) in [5.74, 6) is -0.429. The van der Waals surface area contributed by atoms with Gasteiger partial charge in [0, 0.05) is 31.4 Å². The molecule has 2 aromatic rings. The molecule has 0 bridgehead atoms. The zero-order chi connectivity index (χ0) is 22.8. The fraction of sp³-hybridized carbons (Fsp3) is 0.364. The fourth-order valence-corrected chi connectivity index (χ4v) is 4.61. The molecule has 3 rings (SSSR count). The summed E-state index contributed by atoms with van der Waals surface area (Å²) in [5, 5.41) is 12.0. The lowest BCUT2D eigenvalue weighted by atomic mass is 9.93. The number of aliphatic hydroxyl groups is 1. The summed E-state index contributed by atoms with van der Waals surface area (Å²) in [4.78, 5) is 25.7. The predicted octanol–water partition coefficient (Wildman–Crippen LogP) is 2.35. The first-order chi connectivity index (χ1) is 14.5. The van der Waals surface area contributed by atoms with E-state index >= 15 is 0 Å². The summed E-state index contributed by atoms with van der Waals surface area (Å²) >= 11 is 0. The normalized spacial score (nSPS) is 14.0. The lowest BCUT2D eigenvalue weighted by Crippen LogP contribution is -2.35. The van der Waals surface area contributed by atoms with Crippen LogP contribution in [0.3, 0.4) is 0 Å². The number of sulfonamides is 1. The molecule has 1 aliphatic rings. The van der Waals surface area contributed by atoms with Crippen molar-refractivity contribution in [2.75, 3.05) is 23.2 Å². The average Bonchev–Trinajstić information content (AvgIpc) is 2.73. The van der Waals surface area contributed by atoms with Gasteiger partial charge in [-0.15, -0.1) is 0 Å². The zero-order valence-corrected chi connectivity index (χ0v) is 18.6. The van der Waals surface area contributed by atoms with Crippen molar-refractivity contribution in [1.29, 1.82) is 0 Å². The maximum absolute atomic E-state index is 13.1. The maximum atomic E-state index is 13.1. The van der Waals surface area contributed by atoms with Gasteiger partial charge in [0.15, 0.2) is 0 Å². The highest BCUT2D eigenvalue weighted by atomic mass is 32.2. The van der Waals surface area contributed by atoms with E-state index in [0.29, 0.717) is 29.9 Å². The number of nitrogens with one attached hydrogen (secondary N) is 2. The molecule has 1 aliphatic heterocycles. The number of anilines is 2. The summed E-state index contributed by atoms with van der Waals surface area (Å²) in [5.41, 5.74) is 1.46. The number of rotatable bonds is 6. The van der Waals surface area contributed by atoms with Crippen molar-refractivity contribution in [1.82, 2.24) is 4.90 Å². The summed E-state index contributed by atoms with van der Waals surface area (Å²) < 4.78 is 28.7. The lowest BCUT2D eigenvalue weighted by Gasteiger charge is -2.29. The summed E-state index contributed by atoms with van der Waals surface area (Å²) in [6, 6.07) is 11.4. The first-order valence-electron chi connectivity index (χ1n) is 9.95. The van der Waals surface area contributed by atoms with Crippen molar-refractivity contribution in [3.05, 3.63) is 53.6 Å². The first-order valence-corrected chi connectivity index (χ1v) is 11.4. The standard InChI is InChI=1S/C22H27N3O5S/c1-15(27)25-12-11-16-5-4-6-20(19(16)13-25)31(29,30)24-18-9-7-17(8-10-18)23-21(28)22(2,3)14-26/h4-10,24,26H,11-14H2,1-3H3,(H,23,28). The molecule has 31 heavy (non-hydrogen) atoms. The number of benzene rings is 2. The Labute approximate surface area is 182 Å². The molecule has 0 radical (unpaired) electrons. The van der Waals surface area contributed by atoms with Crippen molar-refractivity contribution >= 4 is 33.2 Å². The number of hydrogen-bond acceptors (Lipinski definition) is 5. The van der Waals surface area contributed by atoms with Crippen LogP contribution in [-0.2, 0) is 32.6 Å². The van der Waals surface area contributed by atoms with Crippen LogP contribution in [0.25, 0.3) is 0 Å². The van der Waals surface area contributed by atoms with Gasteiger partial charge in [-0.25, -0.2) is 8.42 Å². The van der Waals surface area contributed by atoms with E-state index in [4.69, 9.17) is 0 Å². The second-order valence-electron chi connectivity index (χ2n) is 8.26. The van der Waals surface area contributed by atoms with Gasteiger partial charge in [-0.3, -0.25) is 14.3 Å². The SMILES string of the molecule is CC(=O)N1CCc2cccc(S(=O)(=O)Nc3ccc(NC(=O)C(C)(C)CO)cc3)c2C1. The number of amides is 2. The molecular formula is C22H27N3O5S. The number of fused-ring (bicyclic) bond motifs is 1. The molecular weight excluding hydrogens is 418 g/mol. The van der Waals surface area contributed by atoms with Crippen LogP contribution in [0.2, 0.25) is 0 Å². The van der Waals surface area contributed by atoms with Crippen LogP contribution in [0.4, 0.5) is 11.4 Å². The van der Waals surface area contributed by atoms with E-state index in [0.717, 1.165) is 5.56 Å². The number of nitrogens with zero attached hydrogens (tertiary/aromatic N) is 1. The number of aliphatic hydroxyl groups excluding tert-OH is 1. The molecule has 8 nitrogen and oxygen atoms in total. The van der Waals surface area contributed by atoms with E-state index in [1.54, 1.807) is 49.1 Å². The monoisotopic (exact) mass is 445 g/mol. The summed E-state index contributed by atoms with van der Waals surface area (Å²) in [6.07, 6.45) is 0.608. The Morgan fingerprint density at radius 3 is 2.35 bits per heavy atom. The van der Waals surface area contributed by atoms with Crippen molar-refractivity contribution in [3.8, 4) is 0 Å². The molecule has 0 saturated carbocycles. The van der Waals surface area contributed by atoms with Gasteiger partial charge in [0.2, 0.25) is 11.8 Å². The van der Waals surface area contributed by atoms with E-state index in [1.165, 1.54) is 13.0 Å². The largest absolute Gasteiger partial charge is 0.395 e. The molecule has 0 saturated heterocycles. The summed E-state index contributed by atoms with van der Waals surface area (Å²) in [6.45, 7) is 5.26. The topological polar surface area (TPSA) is 116 Å². The number of carbonyl (C=O) groups excluding carboxylic acids is 2. The number of carbonyl (C=O) groups is 2. The lowest BCUT2D eigenvalue weighted by molar-refractivity contribution is -0.129. The molecule has 3 N–H and O–H groups in total. The van der Waals surface area contributed by atoms with Gasteiger partial charge in [0.25, 0.3) is 10.0 Å². The van der Waals surface area contributed by atoms with Crippen molar-refractivity contribution in [2.45, 2.75) is 38.6 Å². The van der Waals surface area contributed by atoms with E-state index in [-0.39, 0.29) is 29.9 Å². The minimum atomic E-state index is -3.88. The van der Waals surface area contributed by atoms with Crippen LogP contribution < -0.4 is 10.0 Å². The van der Waals surface area contributed by atoms with Crippen LogP contribution in [0.1, 0.15) is 31.9 Å². The molecule has 2 amide bonds. The third-order valence-corrected chi connectivity index (χ3v) is 6.84. The van der Waals surface area contributed by atoms with Gasteiger partial charge in [0.1, 0.15) is 0 Å². The molecule has 0 aromatic heterocycles. The minimum absolute atomic E-state index is 0.0900. The molecule has 166 valence electrons. The van der Waals surface area contributed by atoms with E-state index < -0.39 is 15.4 Å². The Morgan fingerprint density at radius 2 is 1.74 bits per heavy atom. The first kappa shape index (κ1) is 22.8. The van der Waals surface area contributed by atoms with Crippen molar-refractivity contribution < 1.29 is 23.1 Å². The van der Waals surface area contributed by atoms with Crippen LogP contribution in [-0.4, -0.2) is 43.4 Å². The Kier molecular flexibility index (Phi) is 6.38. The van der Waals surface area contributed by atoms with Gasteiger partial charge in [-0.2, -0.15) is 0 Å². The maximum Gasteiger partial charge on any atom is 0.262 e. The smallest absolute Gasteiger partial charge is 0.262 e. The van der Waals surface area contributed by atoms with Gasteiger partial charge in [-0.1, -0.05) is 12.1 Å². The van der Waals surface area contributed by atoms with Gasteiger partial charge in [0.05, 0.1) is 16.9 Å². The van der Waals surface area contributed by atoms with Crippen LogP contribution in [0, 0.1) is 5.41 Å². The molecule has 2 aromatic carbocycles. The van der Waals surface area contributed by atoms with Gasteiger partial charge >= 0.3 is 0 Å². The number of hydrogen-bond donors (Lipinski definition) is 3. The second kappa shape index (κ2) is 8.68. The third kappa shape index (κ3) is 5.05. The van der Waals surface area contributed by atoms with Crippen LogP contribution >= 0.6 is 0 Å². The van der Waals surface area contributed by atoms with Gasteiger partial charge < -0.3 is 15.3 Å². The highest BCUT2D eigenvalue weighted by Gasteiger charge is 2.27. The Morgan fingerprint density at radius 1 is 1.10 bits per heavy atom. The molecule has 0 atom stereocenters. The predicted molar refractivity (Wildman–Crippen MR) is 118 cm³/mol. The van der Waals surface area contributed by atoms with E-state index in [1.807, 2.05) is 6.07 Å². The highest BCUT2D eigenvalue weighted by molar-refractivity contribution is 7.92. The Bertz CT molecular complexity index is 1090. The van der Waals surface area contributed by atoms with E-state index in [2.05, 4.69) is 10.0 Å². The van der Waals surface area contributed by atoms with Crippen molar-refractivity contribution in [3.63, 3.8) is 0 Å². The molecule has 0 unspecified atom stereocenters. The van der Waals surface area contributed by atoms with Crippen LogP contribution in [0.15, 0.2) is 47.4 Å². The molecule has 0 fully saturated rings. The zero-order valence-electron chi connectivity index (χ0n) is 17.8. The average molecular weight is 446 g/mol. The molecule has 1 heterocycles. The quantitative estimate of drug-likeness (QED) is 0.631. The van der Waals surface area contributed by atoms with Crippen LogP contribution in [0.5, 0.6) is 0 Å². The Balaban J connectivity index is 1.79. The molecule has 0 aliphatic carbocycles. The van der Waals surface area contributed by atoms with Gasteiger partial charge in [-0.05, 0) is 61.7 Å². The Hall–Kier alpha value is -2.91. The molecule has 9 heteroatoms. The van der Waals surface area contributed by atoms with Crippen molar-refractivity contribution in [2.24, 2.45) is 5.41 Å². The highest BCUT2D eigenvalue weighted by Crippen LogP contribution is 2.28. The minimum Gasteiger partial charge on any atom is -0.395 e.